The fourth-order valence-electron chi connectivity index (χ4n) is 4.26. The number of carbonyl (C=O) groups is 1. The number of anilines is 1. The van der Waals surface area contributed by atoms with Crippen LogP contribution in [0, 0.1) is 11.6 Å². The molecule has 1 aromatic heterocycles. The van der Waals surface area contributed by atoms with Crippen LogP contribution in [0.1, 0.15) is 59.7 Å². The molecule has 5 nitrogen and oxygen atoms in total. The summed E-state index contributed by atoms with van der Waals surface area (Å²) in [6.45, 7) is 8.45. The lowest BCUT2D eigenvalue weighted by Gasteiger charge is -2.37. The van der Waals surface area contributed by atoms with Gasteiger partial charge in [-0.15, -0.1) is 0 Å². The van der Waals surface area contributed by atoms with E-state index in [9.17, 15) is 13.6 Å². The van der Waals surface area contributed by atoms with Crippen LogP contribution in [-0.2, 0) is 12.8 Å². The summed E-state index contributed by atoms with van der Waals surface area (Å²) in [6, 6.07) is 12.5. The van der Waals surface area contributed by atoms with Crippen LogP contribution in [0.15, 0.2) is 48.5 Å². The summed E-state index contributed by atoms with van der Waals surface area (Å²) in [5.74, 6) is 1.05. The molecule has 0 spiro atoms. The molecule has 0 saturated carbocycles. The van der Waals surface area contributed by atoms with Gasteiger partial charge in [-0.1, -0.05) is 39.0 Å². The van der Waals surface area contributed by atoms with E-state index in [0.29, 0.717) is 43.7 Å². The second kappa shape index (κ2) is 10.3. The first-order valence-electron chi connectivity index (χ1n) is 11.8. The van der Waals surface area contributed by atoms with Gasteiger partial charge in [-0.3, -0.25) is 4.79 Å². The third-order valence-electron chi connectivity index (χ3n) is 6.22. The first-order valence-corrected chi connectivity index (χ1v) is 11.8. The second-order valence-electron chi connectivity index (χ2n) is 8.89. The van der Waals surface area contributed by atoms with E-state index >= 15 is 0 Å². The quantitative estimate of drug-likeness (QED) is 0.516. The fraction of sp³-hybridized carbons (Fsp3) is 0.370. The smallest absolute Gasteiger partial charge is 0.253 e. The predicted octanol–water partition coefficient (Wildman–Crippen LogP) is 4.99. The van der Waals surface area contributed by atoms with E-state index in [2.05, 4.69) is 25.7 Å². The second-order valence-corrected chi connectivity index (χ2v) is 8.89. The SMILES string of the molecule is CCc1nc(C(C)C)nc(N2CCN(C(=O)c3ccc(F)cc3)CC2)c1Cc1ccccc1F. The molecular formula is C27H30F2N4O. The summed E-state index contributed by atoms with van der Waals surface area (Å²) < 4.78 is 27.7. The van der Waals surface area contributed by atoms with Crippen molar-refractivity contribution in [3.05, 3.63) is 88.4 Å². The molecule has 34 heavy (non-hydrogen) atoms. The maximum absolute atomic E-state index is 14.5. The third kappa shape index (κ3) is 5.08. The van der Waals surface area contributed by atoms with Gasteiger partial charge in [0.05, 0.1) is 0 Å². The first kappa shape index (κ1) is 23.8. The lowest BCUT2D eigenvalue weighted by molar-refractivity contribution is 0.0746. The number of hydrogen-bond donors (Lipinski definition) is 0. The molecule has 0 bridgehead atoms. The molecule has 1 fully saturated rings. The number of nitrogens with zero attached hydrogens (tertiary/aromatic N) is 4. The molecule has 178 valence electrons. The van der Waals surface area contributed by atoms with E-state index in [4.69, 9.17) is 9.97 Å². The zero-order valence-corrected chi connectivity index (χ0v) is 19.9. The molecule has 7 heteroatoms. The molecule has 1 aliphatic heterocycles. The number of benzene rings is 2. The van der Waals surface area contributed by atoms with Gasteiger partial charge in [-0.25, -0.2) is 18.7 Å². The summed E-state index contributed by atoms with van der Waals surface area (Å²) in [6.07, 6.45) is 1.14. The minimum Gasteiger partial charge on any atom is -0.353 e. The summed E-state index contributed by atoms with van der Waals surface area (Å²) in [5, 5.41) is 0. The Labute approximate surface area is 199 Å². The fourth-order valence-corrected chi connectivity index (χ4v) is 4.26. The van der Waals surface area contributed by atoms with Gasteiger partial charge in [0.15, 0.2) is 0 Å². The Morgan fingerprint density at radius 3 is 2.26 bits per heavy atom. The van der Waals surface area contributed by atoms with Crippen molar-refractivity contribution in [3.63, 3.8) is 0 Å². The third-order valence-corrected chi connectivity index (χ3v) is 6.22. The molecule has 0 atom stereocenters. The van der Waals surface area contributed by atoms with E-state index in [0.717, 1.165) is 29.3 Å². The van der Waals surface area contributed by atoms with Crippen molar-refractivity contribution in [1.82, 2.24) is 14.9 Å². The predicted molar refractivity (Wildman–Crippen MR) is 129 cm³/mol. The van der Waals surface area contributed by atoms with Gasteiger partial charge >= 0.3 is 0 Å². The standard InChI is InChI=1S/C27H30F2N4O/c1-4-24-22(17-20-7-5-6-8-23(20)29)26(31-25(30-24)18(2)3)32-13-15-33(16-14-32)27(34)19-9-11-21(28)12-10-19/h5-12,18H,4,13-17H2,1-3H3. The van der Waals surface area contributed by atoms with Crippen molar-refractivity contribution >= 4 is 11.7 Å². The number of aryl methyl sites for hydroxylation is 1. The van der Waals surface area contributed by atoms with Crippen LogP contribution in [0.4, 0.5) is 14.6 Å². The Hall–Kier alpha value is -3.35. The summed E-state index contributed by atoms with van der Waals surface area (Å²) in [7, 11) is 0. The minimum atomic E-state index is -0.361. The minimum absolute atomic E-state index is 0.106. The average molecular weight is 465 g/mol. The van der Waals surface area contributed by atoms with Crippen molar-refractivity contribution in [3.8, 4) is 0 Å². The lowest BCUT2D eigenvalue weighted by atomic mass is 10.0. The van der Waals surface area contributed by atoms with Crippen LogP contribution in [0.3, 0.4) is 0 Å². The van der Waals surface area contributed by atoms with Gasteiger partial charge < -0.3 is 9.80 Å². The van der Waals surface area contributed by atoms with Crippen LogP contribution in [0.25, 0.3) is 0 Å². The number of carbonyl (C=O) groups excluding carboxylic acids is 1. The zero-order valence-electron chi connectivity index (χ0n) is 19.9. The first-order chi connectivity index (χ1) is 16.4. The Kier molecular flexibility index (Phi) is 7.20. The zero-order chi connectivity index (χ0) is 24.2. The number of amides is 1. The maximum Gasteiger partial charge on any atom is 0.253 e. The van der Waals surface area contributed by atoms with E-state index in [1.807, 2.05) is 6.07 Å². The molecule has 1 amide bonds. The van der Waals surface area contributed by atoms with Gasteiger partial charge in [0.25, 0.3) is 5.91 Å². The Morgan fingerprint density at radius 1 is 0.971 bits per heavy atom. The van der Waals surface area contributed by atoms with Crippen LogP contribution in [-0.4, -0.2) is 47.0 Å². The summed E-state index contributed by atoms with van der Waals surface area (Å²) >= 11 is 0. The highest BCUT2D eigenvalue weighted by molar-refractivity contribution is 5.94. The molecular weight excluding hydrogens is 434 g/mol. The lowest BCUT2D eigenvalue weighted by Crippen LogP contribution is -2.49. The maximum atomic E-state index is 14.5. The molecule has 0 unspecified atom stereocenters. The van der Waals surface area contributed by atoms with E-state index in [1.54, 1.807) is 17.0 Å². The van der Waals surface area contributed by atoms with Crippen molar-refractivity contribution in [2.45, 2.75) is 39.5 Å². The molecule has 1 aliphatic rings. The van der Waals surface area contributed by atoms with Crippen molar-refractivity contribution in [1.29, 1.82) is 0 Å². The Bertz CT molecular complexity index is 1160. The largest absolute Gasteiger partial charge is 0.353 e. The molecule has 0 radical (unpaired) electrons. The van der Waals surface area contributed by atoms with Crippen LogP contribution >= 0.6 is 0 Å². The Morgan fingerprint density at radius 2 is 1.65 bits per heavy atom. The van der Waals surface area contributed by atoms with Crippen molar-refractivity contribution in [2.24, 2.45) is 0 Å². The van der Waals surface area contributed by atoms with Gasteiger partial charge in [0.2, 0.25) is 0 Å². The van der Waals surface area contributed by atoms with Crippen molar-refractivity contribution < 1.29 is 13.6 Å². The van der Waals surface area contributed by atoms with Crippen LogP contribution in [0.2, 0.25) is 0 Å². The van der Waals surface area contributed by atoms with E-state index < -0.39 is 0 Å². The average Bonchev–Trinajstić information content (AvgIpc) is 2.85. The van der Waals surface area contributed by atoms with Gasteiger partial charge in [0.1, 0.15) is 23.3 Å². The Balaban J connectivity index is 1.61. The summed E-state index contributed by atoms with van der Waals surface area (Å²) in [4.78, 5) is 26.5. The molecule has 1 saturated heterocycles. The monoisotopic (exact) mass is 464 g/mol. The molecule has 2 heterocycles. The highest BCUT2D eigenvalue weighted by atomic mass is 19.1. The summed E-state index contributed by atoms with van der Waals surface area (Å²) in [5.41, 5.74) is 2.97. The molecule has 3 aromatic rings. The number of aromatic nitrogens is 2. The number of hydrogen-bond acceptors (Lipinski definition) is 4. The number of halogens is 2. The highest BCUT2D eigenvalue weighted by Gasteiger charge is 2.27. The molecule has 0 N–H and O–H groups in total. The van der Waals surface area contributed by atoms with Crippen LogP contribution in [0.5, 0.6) is 0 Å². The molecule has 2 aromatic carbocycles. The topological polar surface area (TPSA) is 49.3 Å². The van der Waals surface area contributed by atoms with Gasteiger partial charge in [-0.2, -0.15) is 0 Å². The van der Waals surface area contributed by atoms with Gasteiger partial charge in [0, 0.05) is 55.3 Å². The molecule has 4 rings (SSSR count). The number of piperazine rings is 1. The normalized spacial score (nSPS) is 14.1. The molecule has 0 aliphatic carbocycles. The van der Waals surface area contributed by atoms with Crippen molar-refractivity contribution in [2.75, 3.05) is 31.1 Å². The van der Waals surface area contributed by atoms with E-state index in [-0.39, 0.29) is 23.5 Å². The number of rotatable bonds is 6. The van der Waals surface area contributed by atoms with Gasteiger partial charge in [-0.05, 0) is 42.3 Å². The van der Waals surface area contributed by atoms with E-state index in [1.165, 1.54) is 30.3 Å². The highest BCUT2D eigenvalue weighted by Crippen LogP contribution is 2.28. The van der Waals surface area contributed by atoms with Crippen LogP contribution < -0.4 is 4.90 Å².